The van der Waals surface area contributed by atoms with Gasteiger partial charge in [-0.15, -0.1) is 0 Å². The van der Waals surface area contributed by atoms with E-state index in [2.05, 4.69) is 6.07 Å². The van der Waals surface area contributed by atoms with Crippen molar-refractivity contribution >= 4 is 5.78 Å². The summed E-state index contributed by atoms with van der Waals surface area (Å²) in [6, 6.07) is 2.09. The smallest absolute Gasteiger partial charge is 0.161 e. The predicted octanol–water partition coefficient (Wildman–Crippen LogP) is 3.10. The van der Waals surface area contributed by atoms with Crippen LogP contribution in [0.15, 0.2) is 11.6 Å². The molecule has 0 aliphatic rings. The van der Waals surface area contributed by atoms with Crippen molar-refractivity contribution in [1.82, 2.24) is 0 Å². The number of hydrogen-bond donors (Lipinski definition) is 0. The summed E-state index contributed by atoms with van der Waals surface area (Å²) in [6.45, 7) is 11.3. The van der Waals surface area contributed by atoms with E-state index in [9.17, 15) is 4.79 Å². The first kappa shape index (κ1) is 12.9. The van der Waals surface area contributed by atoms with Gasteiger partial charge in [0.1, 0.15) is 0 Å². The molecule has 0 fully saturated rings. The van der Waals surface area contributed by atoms with Gasteiger partial charge in [0.25, 0.3) is 0 Å². The lowest BCUT2D eigenvalue weighted by Crippen LogP contribution is -2.20. The van der Waals surface area contributed by atoms with Gasteiger partial charge in [-0.05, 0) is 11.5 Å². The van der Waals surface area contributed by atoms with Crippen molar-refractivity contribution in [3.8, 4) is 6.07 Å². The van der Waals surface area contributed by atoms with E-state index in [4.69, 9.17) is 5.26 Å². The van der Waals surface area contributed by atoms with Crippen molar-refractivity contribution in [2.24, 2.45) is 10.8 Å². The summed E-state index contributed by atoms with van der Waals surface area (Å²) in [5, 5.41) is 8.91. The fraction of sp³-hybridized carbons (Fsp3) is 0.667. The highest BCUT2D eigenvalue weighted by Gasteiger charge is 2.23. The highest BCUT2D eigenvalue weighted by Crippen LogP contribution is 2.26. The molecular weight excluding hydrogens is 174 g/mol. The van der Waals surface area contributed by atoms with Crippen molar-refractivity contribution in [1.29, 1.82) is 5.26 Å². The van der Waals surface area contributed by atoms with Crippen LogP contribution < -0.4 is 0 Å². The predicted molar refractivity (Wildman–Crippen MR) is 57.6 cm³/mol. The van der Waals surface area contributed by atoms with Gasteiger partial charge < -0.3 is 0 Å². The Morgan fingerprint density at radius 1 is 1.07 bits per heavy atom. The molecule has 0 saturated carbocycles. The van der Waals surface area contributed by atoms with Gasteiger partial charge in [0, 0.05) is 11.0 Å². The molecule has 0 aromatic heterocycles. The van der Waals surface area contributed by atoms with E-state index < -0.39 is 5.41 Å². The van der Waals surface area contributed by atoms with E-state index >= 15 is 0 Å². The summed E-state index contributed by atoms with van der Waals surface area (Å²) < 4.78 is 0. The number of allylic oxidation sites excluding steroid dienone is 2. The molecule has 0 heterocycles. The summed E-state index contributed by atoms with van der Waals surface area (Å²) in [7, 11) is 0. The molecule has 2 nitrogen and oxygen atoms in total. The Kier molecular flexibility index (Phi) is 3.65. The number of ketones is 1. The molecule has 0 radical (unpaired) electrons. The minimum Gasteiger partial charge on any atom is -0.294 e. The lowest BCUT2D eigenvalue weighted by molar-refractivity contribution is -0.121. The maximum absolute atomic E-state index is 11.7. The zero-order chi connectivity index (χ0) is 11.6. The Morgan fingerprint density at radius 3 is 1.71 bits per heavy atom. The lowest BCUT2D eigenvalue weighted by Gasteiger charge is -2.19. The molecule has 0 rings (SSSR count). The summed E-state index contributed by atoms with van der Waals surface area (Å²) in [5.41, 5.74) is -0.124. The van der Waals surface area contributed by atoms with Gasteiger partial charge in [-0.3, -0.25) is 4.79 Å². The van der Waals surface area contributed by atoms with Crippen molar-refractivity contribution < 1.29 is 4.79 Å². The lowest BCUT2D eigenvalue weighted by atomic mass is 9.83. The fourth-order valence-electron chi connectivity index (χ4n) is 0.764. The fourth-order valence-corrected chi connectivity index (χ4v) is 0.764. The van der Waals surface area contributed by atoms with Crippen LogP contribution in [0.25, 0.3) is 0 Å². The van der Waals surface area contributed by atoms with Crippen LogP contribution in [0.4, 0.5) is 0 Å². The average Bonchev–Trinajstić information content (AvgIpc) is 1.95. The highest BCUT2D eigenvalue weighted by molar-refractivity contribution is 5.95. The molecule has 0 saturated heterocycles. The van der Waals surface area contributed by atoms with E-state index in [-0.39, 0.29) is 11.2 Å². The van der Waals surface area contributed by atoms with Gasteiger partial charge in [0.15, 0.2) is 5.78 Å². The molecule has 0 spiro atoms. The van der Waals surface area contributed by atoms with Gasteiger partial charge in [-0.1, -0.05) is 41.5 Å². The van der Waals surface area contributed by atoms with Crippen LogP contribution in [-0.2, 0) is 4.79 Å². The van der Waals surface area contributed by atoms with E-state index in [0.29, 0.717) is 5.57 Å². The third-order valence-electron chi connectivity index (χ3n) is 1.94. The van der Waals surface area contributed by atoms with Gasteiger partial charge in [0.05, 0.1) is 6.07 Å². The van der Waals surface area contributed by atoms with Gasteiger partial charge >= 0.3 is 0 Å². The molecule has 0 aliphatic carbocycles. The van der Waals surface area contributed by atoms with Crippen LogP contribution in [0.1, 0.15) is 41.5 Å². The number of carbonyl (C=O) groups excluding carboxylic acids is 1. The third-order valence-corrected chi connectivity index (χ3v) is 1.94. The first-order valence-electron chi connectivity index (χ1n) is 4.76. The Morgan fingerprint density at radius 2 is 1.50 bits per heavy atom. The van der Waals surface area contributed by atoms with Crippen LogP contribution in [0, 0.1) is 22.2 Å². The first-order valence-corrected chi connectivity index (χ1v) is 4.76. The monoisotopic (exact) mass is 193 g/mol. The maximum atomic E-state index is 11.7. The Labute approximate surface area is 86.6 Å². The number of carbonyl (C=O) groups is 1. The molecule has 0 amide bonds. The Balaban J connectivity index is 5.02. The molecule has 0 aromatic carbocycles. The molecule has 0 aliphatic heterocycles. The van der Waals surface area contributed by atoms with E-state index in [1.807, 2.05) is 41.5 Å². The Bertz CT molecular complexity index is 292. The zero-order valence-corrected chi connectivity index (χ0v) is 9.93. The molecule has 14 heavy (non-hydrogen) atoms. The first-order chi connectivity index (χ1) is 6.09. The third kappa shape index (κ3) is 3.74. The summed E-state index contributed by atoms with van der Waals surface area (Å²) >= 11 is 0. The summed E-state index contributed by atoms with van der Waals surface area (Å²) in [4.78, 5) is 11.7. The van der Waals surface area contributed by atoms with Crippen LogP contribution in [0.3, 0.4) is 0 Å². The second-order valence-electron chi connectivity index (χ2n) is 5.53. The minimum atomic E-state index is -0.409. The van der Waals surface area contributed by atoms with Gasteiger partial charge in [-0.25, -0.2) is 0 Å². The maximum Gasteiger partial charge on any atom is 0.161 e. The topological polar surface area (TPSA) is 40.9 Å². The van der Waals surface area contributed by atoms with Crippen LogP contribution in [-0.4, -0.2) is 5.78 Å². The number of rotatable bonds is 1. The number of nitriles is 1. The number of hydrogen-bond acceptors (Lipinski definition) is 2. The second-order valence-corrected chi connectivity index (χ2v) is 5.53. The average molecular weight is 193 g/mol. The van der Waals surface area contributed by atoms with Crippen molar-refractivity contribution in [3.63, 3.8) is 0 Å². The molecular formula is C12H19NO. The van der Waals surface area contributed by atoms with E-state index in [1.165, 1.54) is 6.08 Å². The molecule has 0 unspecified atom stereocenters. The standard InChI is InChI=1S/C12H19NO/c1-11(2,3)9(8-13)7-10(14)12(4,5)6/h7H,1-6H3/b9-7+. The van der Waals surface area contributed by atoms with Crippen molar-refractivity contribution in [2.45, 2.75) is 41.5 Å². The SMILES string of the molecule is CC(C)(C)C(=O)/C=C(\C#N)C(C)(C)C. The van der Waals surface area contributed by atoms with Crippen molar-refractivity contribution in [2.75, 3.05) is 0 Å². The molecule has 2 heteroatoms. The summed E-state index contributed by atoms with van der Waals surface area (Å²) in [6.07, 6.45) is 1.47. The minimum absolute atomic E-state index is 0.00368. The van der Waals surface area contributed by atoms with Crippen LogP contribution in [0.2, 0.25) is 0 Å². The van der Waals surface area contributed by atoms with E-state index in [1.54, 1.807) is 0 Å². The van der Waals surface area contributed by atoms with Crippen molar-refractivity contribution in [3.05, 3.63) is 11.6 Å². The quantitative estimate of drug-likeness (QED) is 0.474. The van der Waals surface area contributed by atoms with Crippen LogP contribution >= 0.6 is 0 Å². The van der Waals surface area contributed by atoms with Gasteiger partial charge in [0.2, 0.25) is 0 Å². The summed E-state index contributed by atoms with van der Waals surface area (Å²) in [5.74, 6) is 0.00368. The Hall–Kier alpha value is -1.10. The van der Waals surface area contributed by atoms with Gasteiger partial charge in [-0.2, -0.15) is 5.26 Å². The second kappa shape index (κ2) is 3.96. The van der Waals surface area contributed by atoms with E-state index in [0.717, 1.165) is 0 Å². The molecule has 0 aromatic rings. The normalized spacial score (nSPS) is 13.6. The molecule has 0 atom stereocenters. The molecule has 0 bridgehead atoms. The molecule has 78 valence electrons. The zero-order valence-electron chi connectivity index (χ0n) is 9.93. The highest BCUT2D eigenvalue weighted by atomic mass is 16.1. The van der Waals surface area contributed by atoms with Crippen LogP contribution in [0.5, 0.6) is 0 Å². The number of nitrogens with zero attached hydrogens (tertiary/aromatic N) is 1. The largest absolute Gasteiger partial charge is 0.294 e. The molecule has 0 N–H and O–H groups in total.